The summed E-state index contributed by atoms with van der Waals surface area (Å²) >= 11 is 0. The van der Waals surface area contributed by atoms with Crippen LogP contribution in [0, 0.1) is 6.92 Å². The Morgan fingerprint density at radius 2 is 2.00 bits per heavy atom. The Labute approximate surface area is 130 Å². The molecule has 1 unspecified atom stereocenters. The molecule has 2 aromatic rings. The van der Waals surface area contributed by atoms with E-state index in [4.69, 9.17) is 0 Å². The topological polar surface area (TPSA) is 49.3 Å². The number of aryl methyl sites for hydroxylation is 1. The molecule has 1 heterocycles. The average molecular weight is 293 g/mol. The maximum absolute atomic E-state index is 12.0. The van der Waals surface area contributed by atoms with Gasteiger partial charge in [0.1, 0.15) is 5.75 Å². The van der Waals surface area contributed by atoms with E-state index in [1.807, 2.05) is 31.2 Å². The number of benzene rings is 2. The SMILES string of the molecule is C/C(=C\c1ccccc1)C1CC(=O)Nc2cc(O)c(C)cc21. The maximum Gasteiger partial charge on any atom is 0.225 e. The van der Waals surface area contributed by atoms with Gasteiger partial charge in [0.15, 0.2) is 0 Å². The van der Waals surface area contributed by atoms with Crippen molar-refractivity contribution in [1.29, 1.82) is 0 Å². The molecule has 1 atom stereocenters. The van der Waals surface area contributed by atoms with E-state index in [1.165, 1.54) is 0 Å². The number of anilines is 1. The lowest BCUT2D eigenvalue weighted by atomic mass is 9.83. The highest BCUT2D eigenvalue weighted by Gasteiger charge is 2.27. The van der Waals surface area contributed by atoms with Crippen LogP contribution in [-0.4, -0.2) is 11.0 Å². The van der Waals surface area contributed by atoms with Crippen molar-refractivity contribution in [2.45, 2.75) is 26.2 Å². The predicted octanol–water partition coefficient (Wildman–Crippen LogP) is 4.23. The molecule has 1 aliphatic heterocycles. The molecule has 22 heavy (non-hydrogen) atoms. The highest BCUT2D eigenvalue weighted by atomic mass is 16.3. The van der Waals surface area contributed by atoms with Crippen molar-refractivity contribution in [3.63, 3.8) is 0 Å². The largest absolute Gasteiger partial charge is 0.508 e. The summed E-state index contributed by atoms with van der Waals surface area (Å²) < 4.78 is 0. The number of phenols is 1. The van der Waals surface area contributed by atoms with E-state index < -0.39 is 0 Å². The van der Waals surface area contributed by atoms with Gasteiger partial charge in [0.25, 0.3) is 0 Å². The van der Waals surface area contributed by atoms with Crippen molar-refractivity contribution in [2.24, 2.45) is 0 Å². The van der Waals surface area contributed by atoms with Gasteiger partial charge < -0.3 is 10.4 Å². The molecule has 1 aliphatic rings. The first-order valence-corrected chi connectivity index (χ1v) is 7.41. The van der Waals surface area contributed by atoms with Gasteiger partial charge in [-0.2, -0.15) is 0 Å². The first-order valence-electron chi connectivity index (χ1n) is 7.41. The summed E-state index contributed by atoms with van der Waals surface area (Å²) in [6.07, 6.45) is 2.56. The van der Waals surface area contributed by atoms with E-state index in [2.05, 4.69) is 30.4 Å². The summed E-state index contributed by atoms with van der Waals surface area (Å²) in [4.78, 5) is 12.0. The molecule has 0 aromatic heterocycles. The summed E-state index contributed by atoms with van der Waals surface area (Å²) in [6, 6.07) is 13.7. The second-order valence-electron chi connectivity index (χ2n) is 5.83. The second kappa shape index (κ2) is 5.68. The van der Waals surface area contributed by atoms with Gasteiger partial charge in [-0.3, -0.25) is 4.79 Å². The van der Waals surface area contributed by atoms with Crippen LogP contribution in [0.15, 0.2) is 48.0 Å². The molecule has 0 fully saturated rings. The van der Waals surface area contributed by atoms with Crippen LogP contribution in [0.3, 0.4) is 0 Å². The number of hydrogen-bond donors (Lipinski definition) is 2. The van der Waals surface area contributed by atoms with Crippen molar-refractivity contribution in [1.82, 2.24) is 0 Å². The van der Waals surface area contributed by atoms with E-state index in [0.717, 1.165) is 22.3 Å². The lowest BCUT2D eigenvalue weighted by Crippen LogP contribution is -2.23. The number of fused-ring (bicyclic) bond motifs is 1. The molecule has 0 saturated carbocycles. The number of carbonyl (C=O) groups excluding carboxylic acids is 1. The first kappa shape index (κ1) is 14.4. The van der Waals surface area contributed by atoms with Crippen LogP contribution >= 0.6 is 0 Å². The summed E-state index contributed by atoms with van der Waals surface area (Å²) in [5.41, 5.74) is 4.88. The Kier molecular flexibility index (Phi) is 3.72. The molecule has 1 amide bonds. The molecule has 0 bridgehead atoms. The van der Waals surface area contributed by atoms with E-state index in [1.54, 1.807) is 6.07 Å². The average Bonchev–Trinajstić information content (AvgIpc) is 2.49. The van der Waals surface area contributed by atoms with E-state index in [9.17, 15) is 9.90 Å². The summed E-state index contributed by atoms with van der Waals surface area (Å²) in [5.74, 6) is 0.245. The zero-order valence-electron chi connectivity index (χ0n) is 12.8. The molecule has 2 aromatic carbocycles. The molecule has 3 heteroatoms. The maximum atomic E-state index is 12.0. The standard InChI is InChI=1S/C19H19NO2/c1-12(8-14-6-4-3-5-7-14)15-10-19(22)20-17-11-18(21)13(2)9-16(15)17/h3-9,11,15,21H,10H2,1-2H3,(H,20,22)/b12-8+. The third-order valence-corrected chi connectivity index (χ3v) is 4.15. The van der Waals surface area contributed by atoms with Crippen molar-refractivity contribution in [3.8, 4) is 5.75 Å². The monoisotopic (exact) mass is 293 g/mol. The predicted molar refractivity (Wildman–Crippen MR) is 88.9 cm³/mol. The fourth-order valence-corrected chi connectivity index (χ4v) is 2.93. The van der Waals surface area contributed by atoms with Crippen molar-refractivity contribution >= 4 is 17.7 Å². The second-order valence-corrected chi connectivity index (χ2v) is 5.83. The number of aromatic hydroxyl groups is 1. The molecule has 3 nitrogen and oxygen atoms in total. The van der Waals surface area contributed by atoms with Gasteiger partial charge in [0.05, 0.1) is 0 Å². The minimum absolute atomic E-state index is 0.0124. The van der Waals surface area contributed by atoms with Gasteiger partial charge in [-0.25, -0.2) is 0 Å². The number of amides is 1. The van der Waals surface area contributed by atoms with Crippen molar-refractivity contribution < 1.29 is 9.90 Å². The van der Waals surface area contributed by atoms with E-state index in [-0.39, 0.29) is 17.6 Å². The Bertz CT molecular complexity index is 748. The van der Waals surface area contributed by atoms with Crippen LogP contribution in [0.4, 0.5) is 5.69 Å². The van der Waals surface area contributed by atoms with Crippen LogP contribution in [-0.2, 0) is 4.79 Å². The first-order chi connectivity index (χ1) is 10.5. The van der Waals surface area contributed by atoms with Crippen LogP contribution in [0.5, 0.6) is 5.75 Å². The Morgan fingerprint density at radius 3 is 2.73 bits per heavy atom. The Hall–Kier alpha value is -2.55. The molecular weight excluding hydrogens is 274 g/mol. The summed E-state index contributed by atoms with van der Waals surface area (Å²) in [7, 11) is 0. The smallest absolute Gasteiger partial charge is 0.225 e. The quantitative estimate of drug-likeness (QED) is 0.870. The zero-order chi connectivity index (χ0) is 15.7. The van der Waals surface area contributed by atoms with Gasteiger partial charge in [-0.05, 0) is 36.6 Å². The number of phenolic OH excluding ortho intramolecular Hbond substituents is 1. The number of carbonyl (C=O) groups is 1. The number of hydrogen-bond acceptors (Lipinski definition) is 2. The zero-order valence-corrected chi connectivity index (χ0v) is 12.8. The molecule has 0 saturated heterocycles. The third-order valence-electron chi connectivity index (χ3n) is 4.15. The van der Waals surface area contributed by atoms with E-state index >= 15 is 0 Å². The van der Waals surface area contributed by atoms with Gasteiger partial charge in [-0.1, -0.05) is 42.0 Å². The molecule has 112 valence electrons. The Balaban J connectivity index is 2.03. The molecule has 0 radical (unpaired) electrons. The minimum Gasteiger partial charge on any atom is -0.508 e. The van der Waals surface area contributed by atoms with Crippen molar-refractivity contribution in [3.05, 3.63) is 64.7 Å². The van der Waals surface area contributed by atoms with Crippen LogP contribution in [0.2, 0.25) is 0 Å². The van der Waals surface area contributed by atoms with Crippen molar-refractivity contribution in [2.75, 3.05) is 5.32 Å². The molecule has 0 spiro atoms. The molecule has 2 N–H and O–H groups in total. The van der Waals surface area contributed by atoms with E-state index in [0.29, 0.717) is 12.1 Å². The number of rotatable bonds is 2. The minimum atomic E-state index is -0.0124. The normalized spacial score (nSPS) is 17.8. The Morgan fingerprint density at radius 1 is 1.27 bits per heavy atom. The number of nitrogens with one attached hydrogen (secondary N) is 1. The highest BCUT2D eigenvalue weighted by molar-refractivity contribution is 5.96. The molecule has 3 rings (SSSR count). The van der Waals surface area contributed by atoms with Gasteiger partial charge in [0.2, 0.25) is 5.91 Å². The van der Waals surface area contributed by atoms with Gasteiger partial charge in [-0.15, -0.1) is 0 Å². The lowest BCUT2D eigenvalue weighted by molar-refractivity contribution is -0.116. The summed E-state index contributed by atoms with van der Waals surface area (Å²) in [6.45, 7) is 3.93. The highest BCUT2D eigenvalue weighted by Crippen LogP contribution is 2.40. The van der Waals surface area contributed by atoms with Crippen LogP contribution < -0.4 is 5.32 Å². The fraction of sp³-hybridized carbons (Fsp3) is 0.211. The fourth-order valence-electron chi connectivity index (χ4n) is 2.93. The van der Waals surface area contributed by atoms with Gasteiger partial charge in [0, 0.05) is 24.1 Å². The molecular formula is C19H19NO2. The summed E-state index contributed by atoms with van der Waals surface area (Å²) in [5, 5.41) is 12.7. The van der Waals surface area contributed by atoms with Gasteiger partial charge >= 0.3 is 0 Å². The lowest BCUT2D eigenvalue weighted by Gasteiger charge is -2.27. The molecule has 0 aliphatic carbocycles. The van der Waals surface area contributed by atoms with Crippen LogP contribution in [0.25, 0.3) is 6.08 Å². The van der Waals surface area contributed by atoms with Crippen LogP contribution in [0.1, 0.15) is 36.0 Å². The third kappa shape index (κ3) is 2.75. The number of allylic oxidation sites excluding steroid dienone is 1.